The van der Waals surface area contributed by atoms with Crippen LogP contribution in [0.3, 0.4) is 0 Å². The Kier molecular flexibility index (Phi) is 10.1. The molecule has 4 aliphatic rings. The number of para-hydroxylation sites is 2. The first-order valence-corrected chi connectivity index (χ1v) is 28.1. The van der Waals surface area contributed by atoms with E-state index in [0.717, 1.165) is 45.6 Å². The van der Waals surface area contributed by atoms with Crippen LogP contribution in [0.15, 0.2) is 235 Å². The summed E-state index contributed by atoms with van der Waals surface area (Å²) >= 11 is 0. The maximum atomic E-state index is 7.37. The first-order chi connectivity index (χ1) is 38.2. The van der Waals surface area contributed by atoms with E-state index in [1.54, 1.807) is 0 Å². The molecule has 0 N–H and O–H groups in total. The molecule has 0 bridgehead atoms. The number of fused-ring (bicyclic) bond motifs is 13. The first kappa shape index (κ1) is 47.3. The van der Waals surface area contributed by atoms with Gasteiger partial charge in [-0.25, -0.2) is 0 Å². The molecule has 0 atom stereocenters. The molecule has 11 aromatic rings. The minimum Gasteiger partial charge on any atom is -0.455 e. The summed E-state index contributed by atoms with van der Waals surface area (Å²) in [6, 6.07) is 85.7. The Morgan fingerprint density at radius 1 is 0.253 bits per heavy atom. The van der Waals surface area contributed by atoms with Gasteiger partial charge in [-0.1, -0.05) is 213 Å². The number of hydrogen-bond acceptors (Lipinski definition) is 3. The minimum absolute atomic E-state index is 0.149. The van der Waals surface area contributed by atoms with Crippen LogP contribution in [-0.2, 0) is 21.7 Å². The van der Waals surface area contributed by atoms with Crippen LogP contribution in [0.5, 0.6) is 0 Å². The molecule has 0 unspecified atom stereocenters. The topological polar surface area (TPSA) is 19.6 Å². The highest BCUT2D eigenvalue weighted by molar-refractivity contribution is 5.96. The summed E-state index contributed by atoms with van der Waals surface area (Å²) in [5, 5.41) is 0. The molecule has 382 valence electrons. The molecule has 1 heterocycles. The van der Waals surface area contributed by atoms with Gasteiger partial charge in [0.25, 0.3) is 0 Å². The normalized spacial score (nSPS) is 15.5. The third-order valence-electron chi connectivity index (χ3n) is 18.6. The summed E-state index contributed by atoms with van der Waals surface area (Å²) < 4.78 is 7.37. The maximum Gasteiger partial charge on any atom is 0.139 e. The maximum absolute atomic E-state index is 7.37. The third kappa shape index (κ3) is 6.72. The number of hydrogen-bond donors (Lipinski definition) is 0. The zero-order valence-electron chi connectivity index (χ0n) is 46.2. The van der Waals surface area contributed by atoms with Crippen molar-refractivity contribution in [2.75, 3.05) is 9.80 Å². The van der Waals surface area contributed by atoms with E-state index in [9.17, 15) is 0 Å². The molecule has 0 spiro atoms. The van der Waals surface area contributed by atoms with Crippen LogP contribution >= 0.6 is 0 Å². The second kappa shape index (κ2) is 16.8. The molecule has 3 heteroatoms. The van der Waals surface area contributed by atoms with Gasteiger partial charge in [-0.05, 0) is 140 Å². The van der Waals surface area contributed by atoms with Crippen molar-refractivity contribution in [2.45, 2.75) is 77.0 Å². The molecule has 0 amide bonds. The van der Waals surface area contributed by atoms with Gasteiger partial charge in [-0.15, -0.1) is 0 Å². The van der Waals surface area contributed by atoms with Crippen LogP contribution in [0, 0.1) is 0 Å². The Morgan fingerprint density at radius 3 is 0.924 bits per heavy atom. The highest BCUT2D eigenvalue weighted by Gasteiger charge is 2.50. The largest absolute Gasteiger partial charge is 0.455 e. The van der Waals surface area contributed by atoms with Crippen LogP contribution in [-0.4, -0.2) is 0 Å². The summed E-state index contributed by atoms with van der Waals surface area (Å²) in [5.74, 6) is 1.99. The van der Waals surface area contributed by atoms with Crippen molar-refractivity contribution in [1.82, 2.24) is 0 Å². The Hall–Kier alpha value is -8.92. The van der Waals surface area contributed by atoms with Gasteiger partial charge in [0, 0.05) is 77.8 Å². The zero-order chi connectivity index (χ0) is 53.7. The van der Waals surface area contributed by atoms with Crippen LogP contribution in [0.2, 0.25) is 0 Å². The molecular weight excluding hydrogens is 957 g/mol. The summed E-state index contributed by atoms with van der Waals surface area (Å²) in [6.07, 6.45) is 0. The SMILES string of the molecule is CC1(C)c2ccccc2-c2ccc(N(c3ccc4c(c3)C(C)(C)c3c-4oc4c3C(C)(C)c3cc(N(c5ccc6c(c5)C(C)(C)c5ccccc5-6)c5ccccc5-c5ccccc5)ccc3-4)c3ccccc3-c3ccccc3)cc21. The van der Waals surface area contributed by atoms with Crippen molar-refractivity contribution >= 4 is 34.1 Å². The van der Waals surface area contributed by atoms with Crippen molar-refractivity contribution in [1.29, 1.82) is 0 Å². The van der Waals surface area contributed by atoms with Gasteiger partial charge in [-0.3, -0.25) is 0 Å². The van der Waals surface area contributed by atoms with Crippen molar-refractivity contribution in [2.24, 2.45) is 0 Å². The van der Waals surface area contributed by atoms with Crippen LogP contribution < -0.4 is 9.80 Å². The third-order valence-corrected chi connectivity index (χ3v) is 18.6. The van der Waals surface area contributed by atoms with E-state index in [4.69, 9.17) is 4.42 Å². The van der Waals surface area contributed by atoms with Crippen molar-refractivity contribution in [3.8, 4) is 67.2 Å². The van der Waals surface area contributed by atoms with Crippen LogP contribution in [0.4, 0.5) is 34.1 Å². The van der Waals surface area contributed by atoms with E-state index in [1.165, 1.54) is 100 Å². The number of nitrogens with zero attached hydrogens (tertiary/aromatic N) is 2. The van der Waals surface area contributed by atoms with E-state index in [0.29, 0.717) is 0 Å². The van der Waals surface area contributed by atoms with E-state index < -0.39 is 0 Å². The lowest BCUT2D eigenvalue weighted by molar-refractivity contribution is 0.592. The Morgan fingerprint density at radius 2 is 0.544 bits per heavy atom. The molecule has 0 radical (unpaired) electrons. The molecule has 4 aliphatic carbocycles. The highest BCUT2D eigenvalue weighted by atomic mass is 16.3. The number of furan rings is 1. The van der Waals surface area contributed by atoms with Crippen molar-refractivity contribution in [3.05, 3.63) is 275 Å². The fourth-order valence-corrected chi connectivity index (χ4v) is 14.6. The monoisotopic (exact) mass is 1020 g/mol. The molecule has 15 rings (SSSR count). The Labute approximate surface area is 465 Å². The molecule has 0 fully saturated rings. The molecule has 0 aliphatic heterocycles. The fraction of sp³-hybridized carbons (Fsp3) is 0.158. The summed E-state index contributed by atoms with van der Waals surface area (Å²) in [5.41, 5.74) is 28.7. The molecule has 0 saturated heterocycles. The van der Waals surface area contributed by atoms with Gasteiger partial charge in [0.15, 0.2) is 0 Å². The number of rotatable bonds is 8. The first-order valence-electron chi connectivity index (χ1n) is 28.1. The molecule has 79 heavy (non-hydrogen) atoms. The molecule has 3 nitrogen and oxygen atoms in total. The van der Waals surface area contributed by atoms with E-state index in [2.05, 4.69) is 296 Å². The minimum atomic E-state index is -0.373. The highest BCUT2D eigenvalue weighted by Crippen LogP contribution is 2.63. The van der Waals surface area contributed by atoms with E-state index in [-0.39, 0.29) is 21.7 Å². The Balaban J connectivity index is 0.853. The summed E-state index contributed by atoms with van der Waals surface area (Å²) in [7, 11) is 0. The predicted molar refractivity (Wildman–Crippen MR) is 329 cm³/mol. The van der Waals surface area contributed by atoms with Gasteiger partial charge in [0.1, 0.15) is 11.5 Å². The van der Waals surface area contributed by atoms with Gasteiger partial charge in [-0.2, -0.15) is 0 Å². The average molecular weight is 1020 g/mol. The van der Waals surface area contributed by atoms with Crippen molar-refractivity contribution < 1.29 is 4.42 Å². The van der Waals surface area contributed by atoms with Gasteiger partial charge in [0.05, 0.1) is 11.4 Å². The Bertz CT molecular complexity index is 4040. The second-order valence-corrected chi connectivity index (χ2v) is 24.5. The van der Waals surface area contributed by atoms with Crippen molar-refractivity contribution in [3.63, 3.8) is 0 Å². The average Bonchev–Trinajstić information content (AvgIpc) is 3.01. The standard InChI is InChI=1S/C76H62N2O/c1-73(2)61-31-19-15-29-55(61)57-39-35-49(43-63(57)73)77(67-33-21-17-27-53(67)47-23-11-9-12-24-47)51-37-41-59-65(45-51)75(5,6)69-70-72(79-71(59)69)60-42-38-52(46-66(60)76(70,7)8)78(68-34-22-18-28-54(68)48-25-13-10-14-26-48)50-36-40-58-56-30-16-20-32-62(56)74(3,4)64(58)44-50/h9-46H,1-8H3. The zero-order valence-corrected chi connectivity index (χ0v) is 46.2. The molecule has 0 saturated carbocycles. The lowest BCUT2D eigenvalue weighted by Gasteiger charge is -2.32. The second-order valence-electron chi connectivity index (χ2n) is 24.5. The van der Waals surface area contributed by atoms with Gasteiger partial charge >= 0.3 is 0 Å². The van der Waals surface area contributed by atoms with Gasteiger partial charge in [0.2, 0.25) is 0 Å². The summed E-state index contributed by atoms with van der Waals surface area (Å²) in [4.78, 5) is 4.98. The van der Waals surface area contributed by atoms with Crippen LogP contribution in [0.25, 0.3) is 67.2 Å². The summed E-state index contributed by atoms with van der Waals surface area (Å²) in [6.45, 7) is 19.1. The predicted octanol–water partition coefficient (Wildman–Crippen LogP) is 20.8. The lowest BCUT2D eigenvalue weighted by atomic mass is 9.74. The number of anilines is 6. The lowest BCUT2D eigenvalue weighted by Crippen LogP contribution is -2.24. The number of benzene rings is 10. The fourth-order valence-electron chi connectivity index (χ4n) is 14.6. The van der Waals surface area contributed by atoms with Crippen LogP contribution in [0.1, 0.15) is 99.9 Å². The van der Waals surface area contributed by atoms with Gasteiger partial charge < -0.3 is 14.2 Å². The van der Waals surface area contributed by atoms with E-state index in [1.807, 2.05) is 0 Å². The molecular formula is C76H62N2O. The quantitative estimate of drug-likeness (QED) is 0.151. The van der Waals surface area contributed by atoms with E-state index >= 15 is 0 Å². The molecule has 10 aromatic carbocycles. The smallest absolute Gasteiger partial charge is 0.139 e. The molecule has 1 aromatic heterocycles.